The van der Waals surface area contributed by atoms with Crippen LogP contribution in [0.1, 0.15) is 40.5 Å². The first kappa shape index (κ1) is 14.8. The number of amides is 2. The van der Waals surface area contributed by atoms with Gasteiger partial charge in [0.1, 0.15) is 6.04 Å². The van der Waals surface area contributed by atoms with Crippen molar-refractivity contribution in [3.63, 3.8) is 0 Å². The molecule has 0 radical (unpaired) electrons. The van der Waals surface area contributed by atoms with Crippen molar-refractivity contribution >= 4 is 12.0 Å². The molecule has 0 spiro atoms. The molecule has 1 fully saturated rings. The van der Waals surface area contributed by atoms with Crippen LogP contribution in [0.2, 0.25) is 0 Å². The summed E-state index contributed by atoms with van der Waals surface area (Å²) in [6.45, 7) is 9.69. The van der Waals surface area contributed by atoms with Gasteiger partial charge < -0.3 is 15.3 Å². The summed E-state index contributed by atoms with van der Waals surface area (Å²) in [5, 5.41) is 11.5. The number of nitrogens with one attached hydrogen (secondary N) is 1. The van der Waals surface area contributed by atoms with Crippen molar-refractivity contribution in [2.45, 2.75) is 46.6 Å². The smallest absolute Gasteiger partial charge is 0.326 e. The first-order valence-electron chi connectivity index (χ1n) is 6.54. The zero-order valence-electron chi connectivity index (χ0n) is 11.7. The van der Waals surface area contributed by atoms with Gasteiger partial charge in [-0.1, -0.05) is 27.7 Å². The van der Waals surface area contributed by atoms with Crippen LogP contribution in [-0.2, 0) is 4.79 Å². The summed E-state index contributed by atoms with van der Waals surface area (Å²) in [5.41, 5.74) is 0.186. The summed E-state index contributed by atoms with van der Waals surface area (Å²) >= 11 is 0. The second kappa shape index (κ2) is 5.59. The monoisotopic (exact) mass is 256 g/mol. The van der Waals surface area contributed by atoms with Crippen molar-refractivity contribution in [3.05, 3.63) is 0 Å². The van der Waals surface area contributed by atoms with Crippen LogP contribution in [0, 0.1) is 11.3 Å². The molecule has 0 aliphatic carbocycles. The molecule has 1 aliphatic rings. The van der Waals surface area contributed by atoms with Crippen molar-refractivity contribution in [2.75, 3.05) is 13.1 Å². The number of hydrogen-bond acceptors (Lipinski definition) is 2. The normalized spacial score (nSPS) is 21.8. The Morgan fingerprint density at radius 2 is 2.06 bits per heavy atom. The number of carbonyl (C=O) groups is 2. The molecule has 0 aromatic carbocycles. The largest absolute Gasteiger partial charge is 0.480 e. The lowest BCUT2D eigenvalue weighted by Gasteiger charge is -2.27. The number of aliphatic carboxylic acids is 1. The van der Waals surface area contributed by atoms with E-state index < -0.39 is 12.0 Å². The number of urea groups is 1. The minimum Gasteiger partial charge on any atom is -0.480 e. The summed E-state index contributed by atoms with van der Waals surface area (Å²) in [5.74, 6) is -0.495. The van der Waals surface area contributed by atoms with Gasteiger partial charge in [0, 0.05) is 13.1 Å². The molecule has 1 saturated heterocycles. The molecular weight excluding hydrogens is 232 g/mol. The van der Waals surface area contributed by atoms with Crippen LogP contribution in [0.15, 0.2) is 0 Å². The van der Waals surface area contributed by atoms with Gasteiger partial charge in [0.05, 0.1) is 0 Å². The van der Waals surface area contributed by atoms with Crippen molar-refractivity contribution in [3.8, 4) is 0 Å². The molecule has 1 aliphatic heterocycles. The Labute approximate surface area is 109 Å². The summed E-state index contributed by atoms with van der Waals surface area (Å²) in [7, 11) is 0. The molecular formula is C13H24N2O3. The number of carboxylic acids is 1. The van der Waals surface area contributed by atoms with E-state index in [1.54, 1.807) is 11.8 Å². The van der Waals surface area contributed by atoms with Gasteiger partial charge in [0.25, 0.3) is 0 Å². The first-order chi connectivity index (χ1) is 8.25. The Hall–Kier alpha value is -1.26. The second-order valence-corrected chi connectivity index (χ2v) is 6.05. The fourth-order valence-electron chi connectivity index (χ4n) is 2.23. The van der Waals surface area contributed by atoms with E-state index in [-0.39, 0.29) is 11.4 Å². The summed E-state index contributed by atoms with van der Waals surface area (Å²) in [4.78, 5) is 24.5. The molecule has 5 nitrogen and oxygen atoms in total. The topological polar surface area (TPSA) is 69.6 Å². The number of likely N-dealkylation sites (tertiary alicyclic amines) is 1. The van der Waals surface area contributed by atoms with Crippen LogP contribution in [0.5, 0.6) is 0 Å². The molecule has 2 N–H and O–H groups in total. The Bertz CT molecular complexity index is 323. The average Bonchev–Trinajstić information content (AvgIpc) is 2.73. The van der Waals surface area contributed by atoms with Gasteiger partial charge in [0.2, 0.25) is 0 Å². The molecule has 2 atom stereocenters. The quantitative estimate of drug-likeness (QED) is 0.810. The van der Waals surface area contributed by atoms with Crippen LogP contribution in [-0.4, -0.2) is 41.1 Å². The predicted octanol–water partition coefficient (Wildman–Crippen LogP) is 1.93. The lowest BCUT2D eigenvalue weighted by Crippen LogP contribution is -2.47. The highest BCUT2D eigenvalue weighted by Crippen LogP contribution is 2.33. The van der Waals surface area contributed by atoms with Crippen molar-refractivity contribution < 1.29 is 14.7 Å². The Morgan fingerprint density at radius 1 is 1.44 bits per heavy atom. The van der Waals surface area contributed by atoms with Crippen molar-refractivity contribution in [2.24, 2.45) is 11.3 Å². The van der Waals surface area contributed by atoms with Gasteiger partial charge in [-0.25, -0.2) is 9.59 Å². The zero-order chi connectivity index (χ0) is 13.9. The van der Waals surface area contributed by atoms with Gasteiger partial charge in [-0.2, -0.15) is 0 Å². The summed E-state index contributed by atoms with van der Waals surface area (Å²) in [6, 6.07) is -1.04. The maximum atomic E-state index is 11.9. The Kier molecular flexibility index (Phi) is 4.59. The zero-order valence-corrected chi connectivity index (χ0v) is 11.7. The highest BCUT2D eigenvalue weighted by atomic mass is 16.4. The molecule has 2 amide bonds. The van der Waals surface area contributed by atoms with E-state index in [4.69, 9.17) is 5.11 Å². The number of nitrogens with zero attached hydrogens (tertiary/aromatic N) is 1. The summed E-state index contributed by atoms with van der Waals surface area (Å²) in [6.07, 6.45) is 1.39. The molecule has 1 heterocycles. The molecule has 1 rings (SSSR count). The van der Waals surface area contributed by atoms with E-state index in [9.17, 15) is 9.59 Å². The van der Waals surface area contributed by atoms with Gasteiger partial charge in [-0.3, -0.25) is 0 Å². The fraction of sp³-hybridized carbons (Fsp3) is 0.846. The maximum Gasteiger partial charge on any atom is 0.326 e. The van der Waals surface area contributed by atoms with Crippen molar-refractivity contribution in [1.82, 2.24) is 10.2 Å². The molecule has 0 aromatic heterocycles. The van der Waals surface area contributed by atoms with E-state index in [0.717, 1.165) is 6.42 Å². The minimum absolute atomic E-state index is 0.186. The molecule has 0 saturated carbocycles. The maximum absolute atomic E-state index is 11.9. The molecule has 0 bridgehead atoms. The van der Waals surface area contributed by atoms with Gasteiger partial charge >= 0.3 is 12.0 Å². The van der Waals surface area contributed by atoms with Crippen LogP contribution in [0.3, 0.4) is 0 Å². The lowest BCUT2D eigenvalue weighted by molar-refractivity contribution is -0.139. The molecule has 0 aromatic rings. The van der Waals surface area contributed by atoms with Crippen LogP contribution in [0.25, 0.3) is 0 Å². The van der Waals surface area contributed by atoms with Gasteiger partial charge in [-0.05, 0) is 24.2 Å². The highest BCUT2D eigenvalue weighted by Gasteiger charge is 2.34. The summed E-state index contributed by atoms with van der Waals surface area (Å²) < 4.78 is 0. The average molecular weight is 256 g/mol. The minimum atomic E-state index is -0.975. The Balaban J connectivity index is 2.52. The number of carboxylic acid groups (broad SMARTS) is 1. The Morgan fingerprint density at radius 3 is 2.44 bits per heavy atom. The van der Waals surface area contributed by atoms with E-state index >= 15 is 0 Å². The molecule has 5 heteroatoms. The number of carbonyl (C=O) groups excluding carboxylic acids is 1. The third-order valence-corrected chi connectivity index (χ3v) is 3.70. The van der Waals surface area contributed by atoms with Crippen LogP contribution >= 0.6 is 0 Å². The van der Waals surface area contributed by atoms with E-state index in [1.807, 2.05) is 0 Å². The molecule has 18 heavy (non-hydrogen) atoms. The third kappa shape index (κ3) is 3.62. The van der Waals surface area contributed by atoms with E-state index in [0.29, 0.717) is 25.4 Å². The number of rotatable bonds is 3. The predicted molar refractivity (Wildman–Crippen MR) is 69.4 cm³/mol. The van der Waals surface area contributed by atoms with Crippen LogP contribution < -0.4 is 5.32 Å². The SMILES string of the molecule is CCC(NC(=O)N1CCC(C(C)(C)C)C1)C(=O)O. The second-order valence-electron chi connectivity index (χ2n) is 6.05. The van der Waals surface area contributed by atoms with Crippen LogP contribution in [0.4, 0.5) is 4.79 Å². The number of hydrogen-bond donors (Lipinski definition) is 2. The highest BCUT2D eigenvalue weighted by molar-refractivity contribution is 5.82. The standard InChI is InChI=1S/C13H24N2O3/c1-5-10(11(16)17)14-12(18)15-7-6-9(8-15)13(2,3)4/h9-10H,5-8H2,1-4H3,(H,14,18)(H,16,17). The molecule has 2 unspecified atom stereocenters. The van der Waals surface area contributed by atoms with Crippen molar-refractivity contribution in [1.29, 1.82) is 0 Å². The van der Waals surface area contributed by atoms with Gasteiger partial charge in [-0.15, -0.1) is 0 Å². The third-order valence-electron chi connectivity index (χ3n) is 3.70. The fourth-order valence-corrected chi connectivity index (χ4v) is 2.23. The lowest BCUT2D eigenvalue weighted by atomic mass is 9.80. The first-order valence-corrected chi connectivity index (χ1v) is 6.54. The van der Waals surface area contributed by atoms with Gasteiger partial charge in [0.15, 0.2) is 0 Å². The molecule has 104 valence electrons. The van der Waals surface area contributed by atoms with E-state index in [1.165, 1.54) is 0 Å². The van der Waals surface area contributed by atoms with E-state index in [2.05, 4.69) is 26.1 Å².